The summed E-state index contributed by atoms with van der Waals surface area (Å²) in [4.78, 5) is 0. The summed E-state index contributed by atoms with van der Waals surface area (Å²) in [6.45, 7) is 9.38. The molecule has 0 aromatic rings. The van der Waals surface area contributed by atoms with Gasteiger partial charge in [0.15, 0.2) is 0 Å². The molecule has 39 heavy (non-hydrogen) atoms. The Bertz CT molecular complexity index is 380. The zero-order valence-electron chi connectivity index (χ0n) is 28.5. The zero-order valence-corrected chi connectivity index (χ0v) is 29.5. The summed E-state index contributed by atoms with van der Waals surface area (Å²) in [6, 6.07) is 0. The first-order valence-corrected chi connectivity index (χ1v) is 22.1. The molecule has 0 heterocycles. The van der Waals surface area contributed by atoms with Crippen molar-refractivity contribution in [2.24, 2.45) is 0 Å². The van der Waals surface area contributed by atoms with Gasteiger partial charge in [-0.1, -0.05) is 0 Å². The minimum absolute atomic E-state index is 1.11. The Kier molecular flexibility index (Phi) is 33.3. The molecule has 0 nitrogen and oxygen atoms in total. The Hall–Kier alpha value is 0.430. The van der Waals surface area contributed by atoms with E-state index >= 15 is 0 Å². The predicted molar refractivity (Wildman–Crippen MR) is 189 cm³/mol. The second-order valence-electron chi connectivity index (χ2n) is 13.7. The summed E-state index contributed by atoms with van der Waals surface area (Å²) in [5.41, 5.74) is 0. The van der Waals surface area contributed by atoms with E-state index in [0.717, 1.165) is 0 Å². The fourth-order valence-corrected chi connectivity index (χ4v) is 12.4. The Labute approximate surface area is 251 Å². The standard InChI is InChI=1S/C38H81P/c1-5-9-13-17-21-24-28-32-36-39(35-31-27-20-16-12-8-4,37-33-29-25-22-18-14-10-6-2)38-34-30-26-23-19-15-11-7-3/h39H,5-38H2,1-4H3. The molecule has 0 aliphatic carbocycles. The molecule has 0 N–H and O–H groups in total. The SMILES string of the molecule is CCCCCCCCCC[PH](CCCCCCCC)(CCCCCCCCCC)CCCCCCCCCC. The molecule has 0 atom stereocenters. The fraction of sp³-hybridized carbons (Fsp3) is 1.00. The molecule has 0 saturated carbocycles. The van der Waals surface area contributed by atoms with Crippen LogP contribution in [0.3, 0.4) is 0 Å². The summed E-state index contributed by atoms with van der Waals surface area (Å²) in [5.74, 6) is 0. The third-order valence-electron chi connectivity index (χ3n) is 9.74. The van der Waals surface area contributed by atoms with Crippen molar-refractivity contribution >= 4 is 7.26 Å². The van der Waals surface area contributed by atoms with Crippen molar-refractivity contribution in [2.75, 3.05) is 24.6 Å². The molecule has 0 aliphatic rings. The Morgan fingerprint density at radius 2 is 0.359 bits per heavy atom. The molecule has 0 aromatic carbocycles. The van der Waals surface area contributed by atoms with Crippen LogP contribution in [0.2, 0.25) is 0 Å². The second kappa shape index (κ2) is 32.9. The van der Waals surface area contributed by atoms with E-state index in [-0.39, 0.29) is 0 Å². The zero-order chi connectivity index (χ0) is 28.5. The topological polar surface area (TPSA) is 0 Å². The van der Waals surface area contributed by atoms with Crippen molar-refractivity contribution in [3.8, 4) is 0 Å². The molecule has 0 amide bonds. The summed E-state index contributed by atoms with van der Waals surface area (Å²) >= 11 is 0. The van der Waals surface area contributed by atoms with Crippen LogP contribution in [0, 0.1) is 0 Å². The van der Waals surface area contributed by atoms with Crippen LogP contribution in [-0.2, 0) is 0 Å². The van der Waals surface area contributed by atoms with Gasteiger partial charge in [0.25, 0.3) is 0 Å². The maximum absolute atomic E-state index is 2.36. The van der Waals surface area contributed by atoms with Gasteiger partial charge in [0, 0.05) is 0 Å². The number of hydrogen-bond acceptors (Lipinski definition) is 0. The maximum atomic E-state index is 2.36. The van der Waals surface area contributed by atoms with E-state index in [4.69, 9.17) is 0 Å². The van der Waals surface area contributed by atoms with E-state index in [0.29, 0.717) is 0 Å². The minimum atomic E-state index is -1.11. The van der Waals surface area contributed by atoms with Crippen LogP contribution in [0.1, 0.15) is 220 Å². The molecule has 0 fully saturated rings. The molecule has 238 valence electrons. The first-order valence-electron chi connectivity index (χ1n) is 19.2. The third kappa shape index (κ3) is 28.3. The third-order valence-corrected chi connectivity index (χ3v) is 15.4. The fourth-order valence-electron chi connectivity index (χ4n) is 6.93. The molecule has 0 spiro atoms. The van der Waals surface area contributed by atoms with E-state index in [1.165, 1.54) is 167 Å². The molecule has 1 heteroatoms. The van der Waals surface area contributed by atoms with Crippen LogP contribution in [0.5, 0.6) is 0 Å². The van der Waals surface area contributed by atoms with E-state index in [1.54, 1.807) is 50.3 Å². The van der Waals surface area contributed by atoms with Crippen LogP contribution >= 0.6 is 7.26 Å². The second-order valence-corrected chi connectivity index (χ2v) is 18.7. The average Bonchev–Trinajstić information content (AvgIpc) is 2.95. The normalized spacial score (nSPS) is 12.4. The Morgan fingerprint density at radius 3 is 0.538 bits per heavy atom. The molecule has 0 aromatic heterocycles. The molecular formula is C38H81P. The molecule has 0 rings (SSSR count). The van der Waals surface area contributed by atoms with Crippen molar-refractivity contribution in [1.82, 2.24) is 0 Å². The first kappa shape index (κ1) is 39.4. The van der Waals surface area contributed by atoms with E-state index in [9.17, 15) is 0 Å². The van der Waals surface area contributed by atoms with Crippen molar-refractivity contribution in [3.05, 3.63) is 0 Å². The van der Waals surface area contributed by atoms with Crippen LogP contribution in [-0.4, -0.2) is 24.6 Å². The van der Waals surface area contributed by atoms with Crippen molar-refractivity contribution in [3.63, 3.8) is 0 Å². The molecule has 0 saturated heterocycles. The summed E-state index contributed by atoms with van der Waals surface area (Å²) in [7, 11) is -1.11. The number of unbranched alkanes of at least 4 members (excludes halogenated alkanes) is 26. The molecule has 0 radical (unpaired) electrons. The Morgan fingerprint density at radius 1 is 0.205 bits per heavy atom. The average molecular weight is 569 g/mol. The van der Waals surface area contributed by atoms with E-state index < -0.39 is 7.26 Å². The van der Waals surface area contributed by atoms with Crippen LogP contribution in [0.4, 0.5) is 0 Å². The van der Waals surface area contributed by atoms with Gasteiger partial charge in [-0.2, -0.15) is 0 Å². The van der Waals surface area contributed by atoms with Gasteiger partial charge in [0.05, 0.1) is 0 Å². The van der Waals surface area contributed by atoms with Crippen LogP contribution in [0.15, 0.2) is 0 Å². The summed E-state index contributed by atoms with van der Waals surface area (Å²) in [5, 5.41) is 0. The van der Waals surface area contributed by atoms with E-state index in [1.807, 2.05) is 0 Å². The first-order chi connectivity index (χ1) is 19.2. The predicted octanol–water partition coefficient (Wildman–Crippen LogP) is 14.5. The summed E-state index contributed by atoms with van der Waals surface area (Å²) in [6.07, 6.45) is 51.4. The van der Waals surface area contributed by atoms with Crippen LogP contribution in [0.25, 0.3) is 0 Å². The Balaban J connectivity index is 4.78. The molecular weight excluding hydrogens is 487 g/mol. The molecule has 0 bridgehead atoms. The number of rotatable bonds is 34. The van der Waals surface area contributed by atoms with E-state index in [2.05, 4.69) is 27.7 Å². The van der Waals surface area contributed by atoms with Gasteiger partial charge in [-0.05, 0) is 0 Å². The molecule has 0 unspecified atom stereocenters. The van der Waals surface area contributed by atoms with Gasteiger partial charge in [0.1, 0.15) is 0 Å². The van der Waals surface area contributed by atoms with Crippen molar-refractivity contribution in [2.45, 2.75) is 220 Å². The number of hydrogen-bond donors (Lipinski definition) is 0. The monoisotopic (exact) mass is 569 g/mol. The van der Waals surface area contributed by atoms with Crippen molar-refractivity contribution in [1.29, 1.82) is 0 Å². The summed E-state index contributed by atoms with van der Waals surface area (Å²) < 4.78 is 0. The van der Waals surface area contributed by atoms with Gasteiger partial charge >= 0.3 is 252 Å². The van der Waals surface area contributed by atoms with Gasteiger partial charge < -0.3 is 0 Å². The van der Waals surface area contributed by atoms with Crippen LogP contribution < -0.4 is 0 Å². The quantitative estimate of drug-likeness (QED) is 0.0535. The van der Waals surface area contributed by atoms with Crippen molar-refractivity contribution < 1.29 is 0 Å². The van der Waals surface area contributed by atoms with Gasteiger partial charge in [-0.25, -0.2) is 0 Å². The molecule has 0 aliphatic heterocycles. The van der Waals surface area contributed by atoms with Gasteiger partial charge in [-0.15, -0.1) is 0 Å². The van der Waals surface area contributed by atoms with Gasteiger partial charge in [-0.3, -0.25) is 0 Å². The van der Waals surface area contributed by atoms with Gasteiger partial charge in [0.2, 0.25) is 0 Å².